The van der Waals surface area contributed by atoms with Crippen LogP contribution in [0.2, 0.25) is 0 Å². The van der Waals surface area contributed by atoms with Gasteiger partial charge in [0, 0.05) is 18.5 Å². The highest BCUT2D eigenvalue weighted by molar-refractivity contribution is 5.85. The van der Waals surface area contributed by atoms with Crippen molar-refractivity contribution in [2.45, 2.75) is 32.2 Å². The summed E-state index contributed by atoms with van der Waals surface area (Å²) in [6.45, 7) is 4.25. The van der Waals surface area contributed by atoms with Crippen LogP contribution in [-0.2, 0) is 11.2 Å². The molecule has 5 heteroatoms. The van der Waals surface area contributed by atoms with Gasteiger partial charge in [-0.3, -0.25) is 4.79 Å². The van der Waals surface area contributed by atoms with Crippen LogP contribution in [0.4, 0.5) is 0 Å². The van der Waals surface area contributed by atoms with E-state index in [9.17, 15) is 4.79 Å². The normalized spacial score (nSPS) is 10.5. The maximum atomic E-state index is 11.7. The number of carbonyl (C=O) groups is 1. The van der Waals surface area contributed by atoms with Crippen molar-refractivity contribution in [2.75, 3.05) is 13.7 Å². The zero-order chi connectivity index (χ0) is 13.6. The van der Waals surface area contributed by atoms with E-state index in [1.54, 1.807) is 7.11 Å². The van der Waals surface area contributed by atoms with Gasteiger partial charge in [-0.2, -0.15) is 0 Å². The Labute approximate surface area is 121 Å². The van der Waals surface area contributed by atoms with Crippen molar-refractivity contribution in [2.24, 2.45) is 5.73 Å². The second-order valence-corrected chi connectivity index (χ2v) is 4.99. The van der Waals surface area contributed by atoms with E-state index in [2.05, 4.69) is 5.32 Å². The van der Waals surface area contributed by atoms with Gasteiger partial charge >= 0.3 is 0 Å². The first-order valence-electron chi connectivity index (χ1n) is 6.11. The van der Waals surface area contributed by atoms with Gasteiger partial charge in [0.25, 0.3) is 0 Å². The molecule has 1 aromatic rings. The van der Waals surface area contributed by atoms with Crippen LogP contribution < -0.4 is 15.8 Å². The van der Waals surface area contributed by atoms with Crippen molar-refractivity contribution in [1.29, 1.82) is 0 Å². The minimum absolute atomic E-state index is 0. The maximum absolute atomic E-state index is 11.7. The van der Waals surface area contributed by atoms with Gasteiger partial charge in [-0.1, -0.05) is 12.1 Å². The number of aryl methyl sites for hydroxylation is 1. The van der Waals surface area contributed by atoms with Crippen LogP contribution in [0.5, 0.6) is 5.75 Å². The fourth-order valence-electron chi connectivity index (χ4n) is 1.58. The zero-order valence-electron chi connectivity index (χ0n) is 11.7. The number of nitrogens with two attached hydrogens (primary N) is 1. The Balaban J connectivity index is 0.00000324. The summed E-state index contributed by atoms with van der Waals surface area (Å²) in [7, 11) is 1.63. The van der Waals surface area contributed by atoms with Crippen molar-refractivity contribution in [1.82, 2.24) is 5.32 Å². The molecule has 0 heterocycles. The fraction of sp³-hybridized carbons (Fsp3) is 0.500. The number of halogens is 1. The number of amides is 1. The van der Waals surface area contributed by atoms with Gasteiger partial charge in [0.05, 0.1) is 7.11 Å². The molecular weight excluding hydrogens is 264 g/mol. The number of benzene rings is 1. The molecule has 0 saturated heterocycles. The highest BCUT2D eigenvalue weighted by Gasteiger charge is 2.17. The fourth-order valence-corrected chi connectivity index (χ4v) is 1.58. The molecule has 108 valence electrons. The highest BCUT2D eigenvalue weighted by atomic mass is 35.5. The van der Waals surface area contributed by atoms with Crippen molar-refractivity contribution < 1.29 is 9.53 Å². The van der Waals surface area contributed by atoms with Crippen LogP contribution in [0.3, 0.4) is 0 Å². The molecule has 0 radical (unpaired) electrons. The van der Waals surface area contributed by atoms with Crippen LogP contribution in [0, 0.1) is 0 Å². The van der Waals surface area contributed by atoms with Crippen LogP contribution in [0.25, 0.3) is 0 Å². The summed E-state index contributed by atoms with van der Waals surface area (Å²) in [6, 6.07) is 7.75. The molecule has 0 unspecified atom stereocenters. The summed E-state index contributed by atoms with van der Waals surface area (Å²) in [5, 5.41) is 2.91. The predicted molar refractivity (Wildman–Crippen MR) is 79.8 cm³/mol. The molecule has 0 aliphatic rings. The molecule has 0 atom stereocenters. The predicted octanol–water partition coefficient (Wildman–Crippen LogP) is 1.90. The van der Waals surface area contributed by atoms with E-state index in [0.717, 1.165) is 11.3 Å². The average molecular weight is 287 g/mol. The summed E-state index contributed by atoms with van der Waals surface area (Å²) >= 11 is 0. The molecule has 0 aliphatic carbocycles. The topological polar surface area (TPSA) is 64.3 Å². The molecule has 0 spiro atoms. The van der Waals surface area contributed by atoms with E-state index in [-0.39, 0.29) is 23.9 Å². The Hall–Kier alpha value is -1.26. The maximum Gasteiger partial charge on any atom is 0.220 e. The van der Waals surface area contributed by atoms with Gasteiger partial charge in [0.15, 0.2) is 0 Å². The van der Waals surface area contributed by atoms with E-state index >= 15 is 0 Å². The van der Waals surface area contributed by atoms with Crippen molar-refractivity contribution in [3.05, 3.63) is 29.8 Å². The number of rotatable bonds is 6. The van der Waals surface area contributed by atoms with Gasteiger partial charge < -0.3 is 15.8 Å². The average Bonchev–Trinajstić information content (AvgIpc) is 2.36. The number of hydrogen-bond acceptors (Lipinski definition) is 3. The molecule has 0 aromatic heterocycles. The van der Waals surface area contributed by atoms with E-state index in [0.29, 0.717) is 19.4 Å². The molecule has 4 nitrogen and oxygen atoms in total. The molecule has 0 aliphatic heterocycles. The van der Waals surface area contributed by atoms with Crippen molar-refractivity contribution in [3.63, 3.8) is 0 Å². The second-order valence-electron chi connectivity index (χ2n) is 4.99. The standard InChI is InChI=1S/C14H22N2O2.ClH/c1-14(2,10-15)16-13(17)8-7-11-5-4-6-12(9-11)18-3;/h4-6,9H,7-8,10,15H2,1-3H3,(H,16,17);1H. The first-order valence-corrected chi connectivity index (χ1v) is 6.11. The lowest BCUT2D eigenvalue weighted by Gasteiger charge is -2.24. The number of methoxy groups -OCH3 is 1. The number of hydrogen-bond donors (Lipinski definition) is 2. The largest absolute Gasteiger partial charge is 0.497 e. The van der Waals surface area contributed by atoms with Crippen molar-refractivity contribution >= 4 is 18.3 Å². The number of nitrogens with one attached hydrogen (secondary N) is 1. The third-order valence-corrected chi connectivity index (χ3v) is 2.76. The minimum Gasteiger partial charge on any atom is -0.497 e. The Bertz CT molecular complexity index is 408. The molecule has 1 aromatic carbocycles. The van der Waals surface area contributed by atoms with Crippen LogP contribution in [0.15, 0.2) is 24.3 Å². The molecule has 3 N–H and O–H groups in total. The van der Waals surface area contributed by atoms with E-state index in [1.165, 1.54) is 0 Å². The minimum atomic E-state index is -0.342. The molecule has 0 bridgehead atoms. The molecule has 19 heavy (non-hydrogen) atoms. The Morgan fingerprint density at radius 1 is 1.42 bits per heavy atom. The zero-order valence-corrected chi connectivity index (χ0v) is 12.5. The Kier molecular flexibility index (Phi) is 7.49. The summed E-state index contributed by atoms with van der Waals surface area (Å²) in [5.41, 5.74) is 6.32. The third-order valence-electron chi connectivity index (χ3n) is 2.76. The lowest BCUT2D eigenvalue weighted by molar-refractivity contribution is -0.122. The van der Waals surface area contributed by atoms with Crippen LogP contribution in [0.1, 0.15) is 25.8 Å². The summed E-state index contributed by atoms with van der Waals surface area (Å²) in [5.74, 6) is 0.837. The first-order chi connectivity index (χ1) is 8.46. The number of ether oxygens (including phenoxy) is 1. The molecular formula is C14H23ClN2O2. The Morgan fingerprint density at radius 3 is 2.68 bits per heavy atom. The summed E-state index contributed by atoms with van der Waals surface area (Å²) in [6.07, 6.45) is 1.15. The lowest BCUT2D eigenvalue weighted by Crippen LogP contribution is -2.48. The number of carbonyl (C=O) groups excluding carboxylic acids is 1. The molecule has 1 rings (SSSR count). The smallest absolute Gasteiger partial charge is 0.220 e. The lowest BCUT2D eigenvalue weighted by atomic mass is 10.0. The molecule has 1 amide bonds. The third kappa shape index (κ3) is 6.45. The van der Waals surface area contributed by atoms with Crippen LogP contribution in [-0.4, -0.2) is 25.1 Å². The van der Waals surface area contributed by atoms with Gasteiger partial charge in [0.1, 0.15) is 5.75 Å². The first kappa shape index (κ1) is 17.7. The summed E-state index contributed by atoms with van der Waals surface area (Å²) in [4.78, 5) is 11.7. The van der Waals surface area contributed by atoms with E-state index in [4.69, 9.17) is 10.5 Å². The van der Waals surface area contributed by atoms with Gasteiger partial charge in [-0.15, -0.1) is 12.4 Å². The Morgan fingerprint density at radius 2 is 2.11 bits per heavy atom. The summed E-state index contributed by atoms with van der Waals surface area (Å²) < 4.78 is 5.14. The van der Waals surface area contributed by atoms with Gasteiger partial charge in [-0.05, 0) is 38.0 Å². The van der Waals surface area contributed by atoms with Gasteiger partial charge in [-0.25, -0.2) is 0 Å². The van der Waals surface area contributed by atoms with Gasteiger partial charge in [0.2, 0.25) is 5.91 Å². The quantitative estimate of drug-likeness (QED) is 0.839. The van der Waals surface area contributed by atoms with Crippen molar-refractivity contribution in [3.8, 4) is 5.75 Å². The second kappa shape index (κ2) is 8.02. The SMILES string of the molecule is COc1cccc(CCC(=O)NC(C)(C)CN)c1.Cl. The van der Waals surface area contributed by atoms with E-state index < -0.39 is 0 Å². The monoisotopic (exact) mass is 286 g/mol. The highest BCUT2D eigenvalue weighted by Crippen LogP contribution is 2.14. The van der Waals surface area contributed by atoms with E-state index in [1.807, 2.05) is 38.1 Å². The molecule has 0 fully saturated rings. The van der Waals surface area contributed by atoms with Crippen LogP contribution >= 0.6 is 12.4 Å². The molecule has 0 saturated carbocycles.